The van der Waals surface area contributed by atoms with Crippen molar-refractivity contribution in [2.75, 3.05) is 33.3 Å². The second-order valence-corrected chi connectivity index (χ2v) is 7.09. The van der Waals surface area contributed by atoms with Crippen molar-refractivity contribution in [1.82, 2.24) is 14.7 Å². The fourth-order valence-corrected chi connectivity index (χ4v) is 3.90. The van der Waals surface area contributed by atoms with Gasteiger partial charge in [-0.25, -0.2) is 9.18 Å². The number of carbonyl (C=O) groups is 2. The van der Waals surface area contributed by atoms with Crippen LogP contribution >= 0.6 is 0 Å². The predicted molar refractivity (Wildman–Crippen MR) is 102 cm³/mol. The number of halogens is 1. The number of fused-ring (bicyclic) bond motifs is 1. The highest BCUT2D eigenvalue weighted by atomic mass is 19.1. The van der Waals surface area contributed by atoms with Gasteiger partial charge in [0.15, 0.2) is 0 Å². The van der Waals surface area contributed by atoms with Gasteiger partial charge in [-0.15, -0.1) is 0 Å². The van der Waals surface area contributed by atoms with Crippen LogP contribution in [0.5, 0.6) is 5.75 Å². The normalized spacial score (nSPS) is 19.0. The number of urea groups is 1. The minimum Gasteiger partial charge on any atom is -0.496 e. The van der Waals surface area contributed by atoms with Gasteiger partial charge in [0.1, 0.15) is 11.6 Å². The minimum atomic E-state index is -0.292. The zero-order valence-corrected chi connectivity index (χ0v) is 15.7. The Kier molecular flexibility index (Phi) is 4.90. The number of ether oxygens (including phenoxy) is 1. The number of benzene rings is 2. The second-order valence-electron chi connectivity index (χ2n) is 7.09. The first-order valence-corrected chi connectivity index (χ1v) is 9.29. The van der Waals surface area contributed by atoms with Crippen LogP contribution in [0, 0.1) is 5.82 Å². The van der Waals surface area contributed by atoms with Gasteiger partial charge >= 0.3 is 6.03 Å². The molecule has 2 aliphatic rings. The quantitative estimate of drug-likeness (QED) is 0.816. The number of hydrogen-bond acceptors (Lipinski definition) is 3. The fourth-order valence-electron chi connectivity index (χ4n) is 3.90. The van der Waals surface area contributed by atoms with Gasteiger partial charge in [-0.05, 0) is 29.8 Å². The highest BCUT2D eigenvalue weighted by Gasteiger charge is 2.41. The molecule has 1 unspecified atom stereocenters. The molecule has 0 N–H and O–H groups in total. The maximum atomic E-state index is 13.1. The Morgan fingerprint density at radius 2 is 1.86 bits per heavy atom. The molecular formula is C21H22FN3O3. The Morgan fingerprint density at radius 3 is 2.61 bits per heavy atom. The molecule has 28 heavy (non-hydrogen) atoms. The summed E-state index contributed by atoms with van der Waals surface area (Å²) in [6.07, 6.45) is 0. The highest BCUT2D eigenvalue weighted by molar-refractivity contribution is 5.97. The monoisotopic (exact) mass is 383 g/mol. The van der Waals surface area contributed by atoms with Gasteiger partial charge in [-0.3, -0.25) is 4.79 Å². The van der Waals surface area contributed by atoms with Crippen LogP contribution in [0.2, 0.25) is 0 Å². The zero-order valence-electron chi connectivity index (χ0n) is 15.7. The van der Waals surface area contributed by atoms with E-state index in [1.54, 1.807) is 41.2 Å². The summed E-state index contributed by atoms with van der Waals surface area (Å²) in [7, 11) is 1.55. The van der Waals surface area contributed by atoms with E-state index in [4.69, 9.17) is 4.74 Å². The van der Waals surface area contributed by atoms with Crippen LogP contribution in [0.3, 0.4) is 0 Å². The summed E-state index contributed by atoms with van der Waals surface area (Å²) in [5.41, 5.74) is 1.42. The molecule has 1 atom stereocenters. The second kappa shape index (κ2) is 7.50. The Bertz CT molecular complexity index is 887. The highest BCUT2D eigenvalue weighted by Crippen LogP contribution is 2.25. The summed E-state index contributed by atoms with van der Waals surface area (Å²) in [4.78, 5) is 31.0. The maximum Gasteiger partial charge on any atom is 0.320 e. The predicted octanol–water partition coefficient (Wildman–Crippen LogP) is 2.60. The Morgan fingerprint density at radius 1 is 1.11 bits per heavy atom. The molecule has 0 saturated carbocycles. The van der Waals surface area contributed by atoms with Crippen LogP contribution in [-0.4, -0.2) is 66.0 Å². The molecule has 146 valence electrons. The van der Waals surface area contributed by atoms with Crippen molar-refractivity contribution in [3.63, 3.8) is 0 Å². The Labute approximate surface area is 163 Å². The molecule has 0 spiro atoms. The molecule has 3 amide bonds. The summed E-state index contributed by atoms with van der Waals surface area (Å²) in [6, 6.07) is 13.3. The van der Waals surface area contributed by atoms with Gasteiger partial charge in [0, 0.05) is 32.7 Å². The average Bonchev–Trinajstić information content (AvgIpc) is 3.04. The first-order valence-electron chi connectivity index (χ1n) is 9.29. The number of rotatable bonds is 4. The SMILES string of the molecule is COc1ccccc1C(=O)N1CCN2C(=O)N(Cc3ccc(F)cc3)CC2C1. The number of para-hydroxylation sites is 1. The van der Waals surface area contributed by atoms with Gasteiger partial charge in [0.05, 0.1) is 18.7 Å². The number of hydrogen-bond donors (Lipinski definition) is 0. The van der Waals surface area contributed by atoms with Crippen molar-refractivity contribution in [1.29, 1.82) is 0 Å². The largest absolute Gasteiger partial charge is 0.496 e. The summed E-state index contributed by atoms with van der Waals surface area (Å²) >= 11 is 0. The van der Waals surface area contributed by atoms with Crippen molar-refractivity contribution < 1.29 is 18.7 Å². The molecular weight excluding hydrogens is 361 g/mol. The van der Waals surface area contributed by atoms with E-state index in [9.17, 15) is 14.0 Å². The summed E-state index contributed by atoms with van der Waals surface area (Å²) in [6.45, 7) is 2.47. The van der Waals surface area contributed by atoms with Crippen molar-refractivity contribution >= 4 is 11.9 Å². The van der Waals surface area contributed by atoms with E-state index in [2.05, 4.69) is 0 Å². The lowest BCUT2D eigenvalue weighted by atomic mass is 10.1. The lowest BCUT2D eigenvalue weighted by Gasteiger charge is -2.36. The molecule has 7 heteroatoms. The first kappa shape index (κ1) is 18.3. The van der Waals surface area contributed by atoms with Gasteiger partial charge < -0.3 is 19.4 Å². The number of piperazine rings is 1. The van der Waals surface area contributed by atoms with Crippen molar-refractivity contribution in [3.8, 4) is 5.75 Å². The minimum absolute atomic E-state index is 0.0290. The third-order valence-electron chi connectivity index (χ3n) is 5.34. The molecule has 4 rings (SSSR count). The number of nitrogens with zero attached hydrogens (tertiary/aromatic N) is 3. The van der Waals surface area contributed by atoms with Gasteiger partial charge in [-0.2, -0.15) is 0 Å². The molecule has 0 aliphatic carbocycles. The van der Waals surface area contributed by atoms with Crippen LogP contribution in [0.1, 0.15) is 15.9 Å². The van der Waals surface area contributed by atoms with Gasteiger partial charge in [0.2, 0.25) is 0 Å². The van der Waals surface area contributed by atoms with Crippen molar-refractivity contribution in [2.45, 2.75) is 12.6 Å². The van der Waals surface area contributed by atoms with E-state index in [0.29, 0.717) is 44.0 Å². The third-order valence-corrected chi connectivity index (χ3v) is 5.34. The topological polar surface area (TPSA) is 53.1 Å². The fraction of sp³-hybridized carbons (Fsp3) is 0.333. The van der Waals surface area contributed by atoms with Crippen molar-refractivity contribution in [2.24, 2.45) is 0 Å². The smallest absolute Gasteiger partial charge is 0.320 e. The summed E-state index contributed by atoms with van der Waals surface area (Å²) < 4.78 is 18.4. The number of carbonyl (C=O) groups excluding carboxylic acids is 2. The van der Waals surface area contributed by atoms with Crippen LogP contribution < -0.4 is 4.74 Å². The van der Waals surface area contributed by atoms with Crippen molar-refractivity contribution in [3.05, 3.63) is 65.5 Å². The molecule has 2 aromatic carbocycles. The van der Waals surface area contributed by atoms with Crippen LogP contribution in [-0.2, 0) is 6.54 Å². The molecule has 0 aromatic heterocycles. The van der Waals surface area contributed by atoms with E-state index in [1.807, 2.05) is 17.0 Å². The zero-order chi connectivity index (χ0) is 19.7. The van der Waals surface area contributed by atoms with E-state index in [-0.39, 0.29) is 23.8 Å². The number of methoxy groups -OCH3 is 1. The average molecular weight is 383 g/mol. The van der Waals surface area contributed by atoms with Crippen LogP contribution in [0.15, 0.2) is 48.5 Å². The van der Waals surface area contributed by atoms with E-state index in [0.717, 1.165) is 5.56 Å². The molecule has 2 saturated heterocycles. The standard InChI is InChI=1S/C21H22FN3O3/c1-28-19-5-3-2-4-18(19)20(26)23-10-11-25-17(13-23)14-24(21(25)27)12-15-6-8-16(22)9-7-15/h2-9,17H,10-14H2,1H3. The summed E-state index contributed by atoms with van der Waals surface area (Å²) in [5.74, 6) is 0.177. The lowest BCUT2D eigenvalue weighted by molar-refractivity contribution is 0.0613. The molecule has 6 nitrogen and oxygen atoms in total. The summed E-state index contributed by atoms with van der Waals surface area (Å²) in [5, 5.41) is 0. The molecule has 2 heterocycles. The van der Waals surface area contributed by atoms with Crippen LogP contribution in [0.4, 0.5) is 9.18 Å². The molecule has 2 aliphatic heterocycles. The third kappa shape index (κ3) is 3.40. The van der Waals surface area contributed by atoms with E-state index < -0.39 is 0 Å². The number of amides is 3. The lowest BCUT2D eigenvalue weighted by Crippen LogP contribution is -2.53. The van der Waals surface area contributed by atoms with Gasteiger partial charge in [-0.1, -0.05) is 24.3 Å². The molecule has 0 bridgehead atoms. The maximum absolute atomic E-state index is 13.1. The molecule has 2 fully saturated rings. The van der Waals surface area contributed by atoms with E-state index >= 15 is 0 Å². The van der Waals surface area contributed by atoms with E-state index in [1.165, 1.54) is 12.1 Å². The molecule has 0 radical (unpaired) electrons. The van der Waals surface area contributed by atoms with Crippen LogP contribution in [0.25, 0.3) is 0 Å². The van der Waals surface area contributed by atoms with Gasteiger partial charge in [0.25, 0.3) is 5.91 Å². The molecule has 2 aromatic rings. The Hall–Kier alpha value is -3.09. The first-order chi connectivity index (χ1) is 13.6. The Balaban J connectivity index is 1.44.